The van der Waals surface area contributed by atoms with Gasteiger partial charge in [-0.05, 0) is 32.1 Å². The molecule has 0 aromatic carbocycles. The molecule has 1 rings (SSSR count). The van der Waals surface area contributed by atoms with Crippen molar-refractivity contribution in [3.8, 4) is 0 Å². The molecule has 4 N–H and O–H groups in total. The van der Waals surface area contributed by atoms with E-state index < -0.39 is 12.1 Å². The van der Waals surface area contributed by atoms with Gasteiger partial charge in [-0.15, -0.1) is 0 Å². The van der Waals surface area contributed by atoms with Crippen molar-refractivity contribution in [3.63, 3.8) is 0 Å². The van der Waals surface area contributed by atoms with Gasteiger partial charge >= 0.3 is 0 Å². The molecule has 126 valence electrons. The zero-order chi connectivity index (χ0) is 16.9. The third kappa shape index (κ3) is 5.02. The van der Waals surface area contributed by atoms with E-state index in [9.17, 15) is 14.7 Å². The first-order chi connectivity index (χ1) is 10.2. The van der Waals surface area contributed by atoms with Crippen molar-refractivity contribution in [2.24, 2.45) is 11.7 Å². The summed E-state index contributed by atoms with van der Waals surface area (Å²) in [5, 5.41) is 12.0. The molecule has 6 heteroatoms. The monoisotopic (exact) mass is 311 g/mol. The lowest BCUT2D eigenvalue weighted by Crippen LogP contribution is -2.57. The van der Waals surface area contributed by atoms with Crippen LogP contribution in [0.5, 0.6) is 0 Å². The van der Waals surface area contributed by atoms with Crippen LogP contribution in [-0.4, -0.2) is 46.5 Å². The summed E-state index contributed by atoms with van der Waals surface area (Å²) in [6.45, 7) is 9.59. The Morgan fingerprint density at radius 2 is 2.00 bits per heavy atom. The van der Waals surface area contributed by atoms with E-state index >= 15 is 0 Å². The highest BCUT2D eigenvalue weighted by Gasteiger charge is 2.35. The minimum atomic E-state index is -0.581. The topological polar surface area (TPSA) is 95.7 Å². The molecule has 0 aromatic heterocycles. The summed E-state index contributed by atoms with van der Waals surface area (Å²) in [6.07, 6.45) is 2.76. The second-order valence-corrected chi connectivity index (χ2v) is 6.49. The first-order valence-electron chi connectivity index (χ1n) is 7.97. The van der Waals surface area contributed by atoms with E-state index in [4.69, 9.17) is 5.73 Å². The maximum absolute atomic E-state index is 12.5. The van der Waals surface area contributed by atoms with Gasteiger partial charge in [-0.3, -0.25) is 9.59 Å². The van der Waals surface area contributed by atoms with Crippen molar-refractivity contribution in [3.05, 3.63) is 12.3 Å². The number of hydrogen-bond acceptors (Lipinski definition) is 4. The number of nitrogens with two attached hydrogens (primary N) is 1. The molecular weight excluding hydrogens is 282 g/mol. The summed E-state index contributed by atoms with van der Waals surface area (Å²) in [5.74, 6) is -0.271. The van der Waals surface area contributed by atoms with Crippen LogP contribution in [0.3, 0.4) is 0 Å². The molecule has 1 saturated heterocycles. The molecule has 0 radical (unpaired) electrons. The molecule has 3 atom stereocenters. The average molecular weight is 311 g/mol. The summed E-state index contributed by atoms with van der Waals surface area (Å²) in [5.41, 5.74) is 5.95. The van der Waals surface area contributed by atoms with Gasteiger partial charge in [0.05, 0.1) is 11.8 Å². The molecule has 0 aliphatic carbocycles. The second kappa shape index (κ2) is 8.17. The van der Waals surface area contributed by atoms with Gasteiger partial charge in [0.25, 0.3) is 0 Å². The quantitative estimate of drug-likeness (QED) is 0.645. The van der Waals surface area contributed by atoms with Crippen LogP contribution in [0.2, 0.25) is 0 Å². The zero-order valence-electron chi connectivity index (χ0n) is 13.8. The summed E-state index contributed by atoms with van der Waals surface area (Å²) in [4.78, 5) is 26.5. The van der Waals surface area contributed by atoms with E-state index in [0.29, 0.717) is 19.4 Å². The number of nitrogens with zero attached hydrogens (tertiary/aromatic N) is 1. The standard InChI is InChI=1S/C16H29N3O3/c1-10(2)14(17)16(22)19-8-6-5-7-13(19)15(21)18-11(3)9-12(4)20/h10-11,13-14,20H,4-9,17H2,1-3H3,(H,18,21)/t11-,13?,14+/m1/s1. The Labute approximate surface area is 132 Å². The Balaban J connectivity index is 2.74. The van der Waals surface area contributed by atoms with Crippen molar-refractivity contribution in [2.75, 3.05) is 6.54 Å². The van der Waals surface area contributed by atoms with Crippen LogP contribution < -0.4 is 11.1 Å². The minimum absolute atomic E-state index is 0.0335. The smallest absolute Gasteiger partial charge is 0.243 e. The Bertz CT molecular complexity index is 423. The van der Waals surface area contributed by atoms with E-state index in [1.165, 1.54) is 0 Å². The summed E-state index contributed by atoms with van der Waals surface area (Å²) in [7, 11) is 0. The van der Waals surface area contributed by atoms with E-state index in [2.05, 4.69) is 11.9 Å². The molecular formula is C16H29N3O3. The summed E-state index contributed by atoms with van der Waals surface area (Å²) >= 11 is 0. The summed E-state index contributed by atoms with van der Waals surface area (Å²) in [6, 6.07) is -1.27. The van der Waals surface area contributed by atoms with Gasteiger partial charge < -0.3 is 21.1 Å². The van der Waals surface area contributed by atoms with Crippen molar-refractivity contribution in [2.45, 2.75) is 64.6 Å². The van der Waals surface area contributed by atoms with E-state index in [0.717, 1.165) is 12.8 Å². The lowest BCUT2D eigenvalue weighted by atomic mass is 9.97. The van der Waals surface area contributed by atoms with E-state index in [1.807, 2.05) is 13.8 Å². The number of rotatable bonds is 6. The van der Waals surface area contributed by atoms with E-state index in [1.54, 1.807) is 11.8 Å². The van der Waals surface area contributed by atoms with Crippen molar-refractivity contribution in [1.82, 2.24) is 10.2 Å². The molecule has 0 spiro atoms. The van der Waals surface area contributed by atoms with Gasteiger partial charge in [0.15, 0.2) is 0 Å². The lowest BCUT2D eigenvalue weighted by Gasteiger charge is -2.37. The Hall–Kier alpha value is -1.56. The van der Waals surface area contributed by atoms with Crippen LogP contribution in [-0.2, 0) is 9.59 Å². The highest BCUT2D eigenvalue weighted by Crippen LogP contribution is 2.19. The number of piperidine rings is 1. The second-order valence-electron chi connectivity index (χ2n) is 6.49. The number of amides is 2. The molecule has 0 aromatic rings. The number of carbonyl (C=O) groups is 2. The minimum Gasteiger partial charge on any atom is -0.513 e. The van der Waals surface area contributed by atoms with Gasteiger partial charge in [0.2, 0.25) is 11.8 Å². The normalized spacial score (nSPS) is 21.3. The highest BCUT2D eigenvalue weighted by molar-refractivity contribution is 5.90. The van der Waals surface area contributed by atoms with Gasteiger partial charge in [-0.25, -0.2) is 0 Å². The van der Waals surface area contributed by atoms with E-state index in [-0.39, 0.29) is 29.5 Å². The molecule has 1 aliphatic rings. The van der Waals surface area contributed by atoms with Crippen LogP contribution in [0.15, 0.2) is 12.3 Å². The van der Waals surface area contributed by atoms with Crippen molar-refractivity contribution in [1.29, 1.82) is 0 Å². The maximum Gasteiger partial charge on any atom is 0.243 e. The van der Waals surface area contributed by atoms with Gasteiger partial charge in [0.1, 0.15) is 6.04 Å². The van der Waals surface area contributed by atoms with Crippen LogP contribution in [0.25, 0.3) is 0 Å². The predicted octanol–water partition coefficient (Wildman–Crippen LogP) is 1.32. The lowest BCUT2D eigenvalue weighted by molar-refractivity contribution is -0.144. The Morgan fingerprint density at radius 3 is 2.55 bits per heavy atom. The first kappa shape index (κ1) is 18.5. The van der Waals surface area contributed by atoms with Crippen molar-refractivity contribution < 1.29 is 14.7 Å². The van der Waals surface area contributed by atoms with Crippen LogP contribution in [0.4, 0.5) is 0 Å². The molecule has 1 unspecified atom stereocenters. The highest BCUT2D eigenvalue weighted by atomic mass is 16.3. The third-order valence-electron chi connectivity index (χ3n) is 4.02. The summed E-state index contributed by atoms with van der Waals surface area (Å²) < 4.78 is 0. The largest absolute Gasteiger partial charge is 0.513 e. The Morgan fingerprint density at radius 1 is 1.36 bits per heavy atom. The van der Waals surface area contributed by atoms with Crippen LogP contribution >= 0.6 is 0 Å². The number of aliphatic hydroxyl groups excluding tert-OH is 1. The predicted molar refractivity (Wildman–Crippen MR) is 86.2 cm³/mol. The molecule has 22 heavy (non-hydrogen) atoms. The molecule has 6 nitrogen and oxygen atoms in total. The first-order valence-corrected chi connectivity index (χ1v) is 7.97. The molecule has 1 heterocycles. The molecule has 0 saturated carbocycles. The fourth-order valence-corrected chi connectivity index (χ4v) is 2.69. The van der Waals surface area contributed by atoms with Crippen LogP contribution in [0.1, 0.15) is 46.5 Å². The van der Waals surface area contributed by atoms with Gasteiger partial charge in [0, 0.05) is 19.0 Å². The maximum atomic E-state index is 12.5. The molecule has 1 aliphatic heterocycles. The van der Waals surface area contributed by atoms with Gasteiger partial charge in [-0.2, -0.15) is 0 Å². The molecule has 0 bridgehead atoms. The fraction of sp³-hybridized carbons (Fsp3) is 0.750. The molecule has 1 fully saturated rings. The number of carbonyl (C=O) groups excluding carboxylic acids is 2. The number of aliphatic hydroxyl groups is 1. The molecule has 2 amide bonds. The van der Waals surface area contributed by atoms with Crippen LogP contribution in [0, 0.1) is 5.92 Å². The fourth-order valence-electron chi connectivity index (χ4n) is 2.69. The number of hydrogen-bond donors (Lipinski definition) is 3. The third-order valence-corrected chi connectivity index (χ3v) is 4.02. The Kier molecular flexibility index (Phi) is 6.87. The van der Waals surface area contributed by atoms with Crippen molar-refractivity contribution >= 4 is 11.8 Å². The number of likely N-dealkylation sites (tertiary alicyclic amines) is 1. The van der Waals surface area contributed by atoms with Gasteiger partial charge in [-0.1, -0.05) is 20.4 Å². The average Bonchev–Trinajstić information content (AvgIpc) is 2.44. The number of nitrogens with one attached hydrogen (secondary N) is 1. The SMILES string of the molecule is C=C(O)C[C@@H](C)NC(=O)C1CCCCN1C(=O)[C@@H](N)C(C)C. The zero-order valence-corrected chi connectivity index (χ0v) is 13.8.